The summed E-state index contributed by atoms with van der Waals surface area (Å²) >= 11 is 0. The van der Waals surface area contributed by atoms with Crippen molar-refractivity contribution in [1.29, 1.82) is 0 Å². The Morgan fingerprint density at radius 1 is 1.10 bits per heavy atom. The summed E-state index contributed by atoms with van der Waals surface area (Å²) in [5, 5.41) is 2.91. The molecular weight excluding hydrogens is 264 g/mol. The van der Waals surface area contributed by atoms with Crippen molar-refractivity contribution in [1.82, 2.24) is 0 Å². The monoisotopic (exact) mass is 292 g/mol. The Kier molecular flexibility index (Phi) is 9.29. The van der Waals surface area contributed by atoms with E-state index in [-0.39, 0.29) is 5.91 Å². The average molecular weight is 292 g/mol. The van der Waals surface area contributed by atoms with Crippen molar-refractivity contribution in [2.45, 2.75) is 51.9 Å². The molecule has 0 heterocycles. The van der Waals surface area contributed by atoms with Crippen molar-refractivity contribution in [3.05, 3.63) is 24.3 Å². The Morgan fingerprint density at radius 2 is 1.76 bits per heavy atom. The van der Waals surface area contributed by atoms with Crippen LogP contribution in [0.5, 0.6) is 5.75 Å². The summed E-state index contributed by atoms with van der Waals surface area (Å²) in [5.41, 5.74) is 6.19. The number of anilines is 1. The van der Waals surface area contributed by atoms with E-state index in [4.69, 9.17) is 10.5 Å². The summed E-state index contributed by atoms with van der Waals surface area (Å²) < 4.78 is 5.39. The number of rotatable bonds is 11. The number of carbonyl (C=O) groups is 1. The Hall–Kier alpha value is -1.55. The summed E-state index contributed by atoms with van der Waals surface area (Å²) in [6, 6.07) is 7.39. The Labute approximate surface area is 128 Å². The molecule has 4 nitrogen and oxygen atoms in total. The van der Waals surface area contributed by atoms with Crippen LogP contribution in [0, 0.1) is 0 Å². The van der Waals surface area contributed by atoms with Gasteiger partial charge in [-0.2, -0.15) is 0 Å². The summed E-state index contributed by atoms with van der Waals surface area (Å²) in [6.07, 6.45) is 7.76. The molecule has 4 heteroatoms. The van der Waals surface area contributed by atoms with Crippen LogP contribution in [0.4, 0.5) is 5.69 Å². The van der Waals surface area contributed by atoms with E-state index < -0.39 is 0 Å². The molecule has 0 saturated heterocycles. The predicted molar refractivity (Wildman–Crippen MR) is 87.6 cm³/mol. The minimum absolute atomic E-state index is 0.0844. The van der Waals surface area contributed by atoms with Crippen molar-refractivity contribution in [3.8, 4) is 5.75 Å². The SMILES string of the molecule is CCCCCCCCC(=O)Nc1ccc(OCCN)cc1. The van der Waals surface area contributed by atoms with E-state index >= 15 is 0 Å². The Morgan fingerprint density at radius 3 is 2.43 bits per heavy atom. The van der Waals surface area contributed by atoms with Crippen molar-refractivity contribution in [2.24, 2.45) is 5.73 Å². The molecule has 1 aromatic carbocycles. The van der Waals surface area contributed by atoms with Gasteiger partial charge in [-0.15, -0.1) is 0 Å². The Balaban J connectivity index is 2.18. The van der Waals surface area contributed by atoms with E-state index in [1.54, 1.807) is 0 Å². The summed E-state index contributed by atoms with van der Waals surface area (Å²) in [7, 11) is 0. The van der Waals surface area contributed by atoms with Gasteiger partial charge in [0.25, 0.3) is 0 Å². The third-order valence-corrected chi connectivity index (χ3v) is 3.28. The van der Waals surface area contributed by atoms with Crippen molar-refractivity contribution >= 4 is 11.6 Å². The van der Waals surface area contributed by atoms with Gasteiger partial charge in [-0.05, 0) is 30.7 Å². The van der Waals surface area contributed by atoms with Crippen molar-refractivity contribution in [3.63, 3.8) is 0 Å². The van der Waals surface area contributed by atoms with Crippen molar-refractivity contribution in [2.75, 3.05) is 18.5 Å². The predicted octanol–water partition coefficient (Wildman–Crippen LogP) is 3.71. The molecule has 0 aliphatic rings. The highest BCUT2D eigenvalue weighted by molar-refractivity contribution is 5.90. The zero-order valence-corrected chi connectivity index (χ0v) is 13.1. The third kappa shape index (κ3) is 8.35. The van der Waals surface area contributed by atoms with Crippen LogP contribution in [0.15, 0.2) is 24.3 Å². The second-order valence-corrected chi connectivity index (χ2v) is 5.23. The molecule has 1 rings (SSSR count). The molecule has 1 aromatic rings. The van der Waals surface area contributed by atoms with Gasteiger partial charge >= 0.3 is 0 Å². The number of benzene rings is 1. The fourth-order valence-corrected chi connectivity index (χ4v) is 2.10. The number of ether oxygens (including phenoxy) is 1. The lowest BCUT2D eigenvalue weighted by molar-refractivity contribution is -0.116. The lowest BCUT2D eigenvalue weighted by Crippen LogP contribution is -2.12. The molecule has 0 bridgehead atoms. The molecule has 0 radical (unpaired) electrons. The number of hydrogen-bond acceptors (Lipinski definition) is 3. The van der Waals surface area contributed by atoms with Gasteiger partial charge in [0.15, 0.2) is 0 Å². The second kappa shape index (κ2) is 11.1. The fourth-order valence-electron chi connectivity index (χ4n) is 2.10. The van der Waals surface area contributed by atoms with E-state index in [9.17, 15) is 4.79 Å². The van der Waals surface area contributed by atoms with Crippen LogP contribution in [-0.2, 0) is 4.79 Å². The first-order valence-electron chi connectivity index (χ1n) is 7.99. The van der Waals surface area contributed by atoms with E-state index in [0.717, 1.165) is 24.3 Å². The van der Waals surface area contributed by atoms with Crippen LogP contribution in [0.3, 0.4) is 0 Å². The average Bonchev–Trinajstić information content (AvgIpc) is 2.50. The largest absolute Gasteiger partial charge is 0.492 e. The smallest absolute Gasteiger partial charge is 0.224 e. The number of carbonyl (C=O) groups excluding carboxylic acids is 1. The fraction of sp³-hybridized carbons (Fsp3) is 0.588. The number of amides is 1. The number of unbranched alkanes of at least 4 members (excludes halogenated alkanes) is 5. The number of hydrogen-bond donors (Lipinski definition) is 2. The Bertz CT molecular complexity index is 390. The molecule has 0 spiro atoms. The van der Waals surface area contributed by atoms with Gasteiger partial charge in [0.2, 0.25) is 5.91 Å². The number of nitrogens with two attached hydrogens (primary N) is 1. The molecule has 21 heavy (non-hydrogen) atoms. The maximum atomic E-state index is 11.8. The van der Waals surface area contributed by atoms with Gasteiger partial charge < -0.3 is 15.8 Å². The summed E-state index contributed by atoms with van der Waals surface area (Å²) in [4.78, 5) is 11.8. The molecule has 0 aliphatic heterocycles. The first kappa shape index (κ1) is 17.5. The van der Waals surface area contributed by atoms with Gasteiger partial charge in [0.1, 0.15) is 12.4 Å². The van der Waals surface area contributed by atoms with Crippen LogP contribution in [0.25, 0.3) is 0 Å². The normalized spacial score (nSPS) is 10.4. The zero-order chi connectivity index (χ0) is 15.3. The molecule has 1 amide bonds. The minimum Gasteiger partial charge on any atom is -0.492 e. The van der Waals surface area contributed by atoms with Crippen LogP contribution < -0.4 is 15.8 Å². The highest BCUT2D eigenvalue weighted by atomic mass is 16.5. The molecule has 0 saturated carbocycles. The third-order valence-electron chi connectivity index (χ3n) is 3.28. The number of nitrogens with one attached hydrogen (secondary N) is 1. The van der Waals surface area contributed by atoms with Crippen LogP contribution in [0.1, 0.15) is 51.9 Å². The zero-order valence-electron chi connectivity index (χ0n) is 13.1. The highest BCUT2D eigenvalue weighted by Gasteiger charge is 2.02. The standard InChI is InChI=1S/C17H28N2O2/c1-2-3-4-5-6-7-8-17(20)19-15-9-11-16(12-10-15)21-14-13-18/h9-12H,2-8,13-14,18H2,1H3,(H,19,20). The lowest BCUT2D eigenvalue weighted by atomic mass is 10.1. The van der Waals surface area contributed by atoms with Crippen molar-refractivity contribution < 1.29 is 9.53 Å². The van der Waals surface area contributed by atoms with Gasteiger partial charge in [0.05, 0.1) is 0 Å². The second-order valence-electron chi connectivity index (χ2n) is 5.23. The summed E-state index contributed by atoms with van der Waals surface area (Å²) in [5.74, 6) is 0.857. The van der Waals surface area contributed by atoms with Gasteiger partial charge in [0, 0.05) is 18.7 Å². The molecule has 0 aliphatic carbocycles. The first-order valence-corrected chi connectivity index (χ1v) is 7.99. The maximum Gasteiger partial charge on any atom is 0.224 e. The minimum atomic E-state index is 0.0844. The highest BCUT2D eigenvalue weighted by Crippen LogP contribution is 2.16. The molecular formula is C17H28N2O2. The molecule has 0 fully saturated rings. The molecule has 0 aromatic heterocycles. The van der Waals surface area contributed by atoms with E-state index in [0.29, 0.717) is 19.6 Å². The van der Waals surface area contributed by atoms with Crippen LogP contribution >= 0.6 is 0 Å². The van der Waals surface area contributed by atoms with E-state index in [1.165, 1.54) is 25.7 Å². The van der Waals surface area contributed by atoms with E-state index in [1.807, 2.05) is 24.3 Å². The quantitative estimate of drug-likeness (QED) is 0.611. The van der Waals surface area contributed by atoms with E-state index in [2.05, 4.69) is 12.2 Å². The van der Waals surface area contributed by atoms with Crippen LogP contribution in [0.2, 0.25) is 0 Å². The molecule has 0 atom stereocenters. The van der Waals surface area contributed by atoms with Gasteiger partial charge in [-0.3, -0.25) is 4.79 Å². The maximum absolute atomic E-state index is 11.8. The first-order chi connectivity index (χ1) is 10.3. The summed E-state index contributed by atoms with van der Waals surface area (Å²) in [6.45, 7) is 3.21. The van der Waals surface area contributed by atoms with Gasteiger partial charge in [-0.1, -0.05) is 39.0 Å². The lowest BCUT2D eigenvalue weighted by Gasteiger charge is -2.07. The van der Waals surface area contributed by atoms with Crippen LogP contribution in [-0.4, -0.2) is 19.1 Å². The molecule has 118 valence electrons. The molecule has 0 unspecified atom stereocenters. The van der Waals surface area contributed by atoms with Gasteiger partial charge in [-0.25, -0.2) is 0 Å². The molecule has 3 N–H and O–H groups in total. The topological polar surface area (TPSA) is 64.3 Å².